The Labute approximate surface area is 118 Å². The van der Waals surface area contributed by atoms with Crippen LogP contribution < -0.4 is 0 Å². The van der Waals surface area contributed by atoms with Gasteiger partial charge in [0, 0.05) is 6.54 Å². The van der Waals surface area contributed by atoms with Crippen LogP contribution in [0.1, 0.15) is 16.2 Å². The van der Waals surface area contributed by atoms with Crippen molar-refractivity contribution in [1.29, 1.82) is 0 Å². The zero-order chi connectivity index (χ0) is 15.6. The van der Waals surface area contributed by atoms with Gasteiger partial charge in [0.1, 0.15) is 6.61 Å². The minimum atomic E-state index is -4.55. The summed E-state index contributed by atoms with van der Waals surface area (Å²) < 4.78 is 42.6. The van der Waals surface area contributed by atoms with Gasteiger partial charge in [0.25, 0.3) is 0 Å². The van der Waals surface area contributed by atoms with E-state index in [4.69, 9.17) is 4.74 Å². The molecule has 1 aromatic carbocycles. The first-order valence-corrected chi connectivity index (χ1v) is 6.16. The average Bonchev–Trinajstić information content (AvgIpc) is 2.80. The van der Waals surface area contributed by atoms with Crippen LogP contribution in [0.5, 0.6) is 0 Å². The summed E-state index contributed by atoms with van der Waals surface area (Å²) in [7, 11) is 3.67. The van der Waals surface area contributed by atoms with E-state index in [1.807, 2.05) is 19.0 Å². The van der Waals surface area contributed by atoms with Gasteiger partial charge in [-0.15, -0.1) is 0 Å². The van der Waals surface area contributed by atoms with Crippen molar-refractivity contribution >= 4 is 17.0 Å². The molecule has 0 saturated carbocycles. The number of hydrogen-bond acceptors (Lipinski definition) is 4. The van der Waals surface area contributed by atoms with Crippen LogP contribution in [0.15, 0.2) is 18.2 Å². The quantitative estimate of drug-likeness (QED) is 0.880. The number of alkyl halides is 3. The lowest BCUT2D eigenvalue weighted by Gasteiger charge is -2.09. The summed E-state index contributed by atoms with van der Waals surface area (Å²) in [5, 5.41) is 0. The molecule has 0 atom stereocenters. The number of H-pyrrole nitrogens is 1. The third kappa shape index (κ3) is 3.72. The first-order valence-electron chi connectivity index (χ1n) is 6.16. The Morgan fingerprint density at radius 3 is 2.71 bits per heavy atom. The van der Waals surface area contributed by atoms with Gasteiger partial charge in [0.05, 0.1) is 16.6 Å². The van der Waals surface area contributed by atoms with Gasteiger partial charge in [0.2, 0.25) is 5.82 Å². The van der Waals surface area contributed by atoms with Gasteiger partial charge in [-0.3, -0.25) is 0 Å². The highest BCUT2D eigenvalue weighted by Gasteiger charge is 2.34. The summed E-state index contributed by atoms with van der Waals surface area (Å²) in [6.07, 6.45) is -4.55. The Morgan fingerprint density at radius 1 is 1.38 bits per heavy atom. The number of ether oxygens (including phenoxy) is 1. The summed E-state index contributed by atoms with van der Waals surface area (Å²) in [4.78, 5) is 19.2. The monoisotopic (exact) mass is 301 g/mol. The number of likely N-dealkylation sites (N-methyl/N-ethyl adjacent to an activating group) is 1. The van der Waals surface area contributed by atoms with E-state index < -0.39 is 18.0 Å². The summed E-state index contributed by atoms with van der Waals surface area (Å²) >= 11 is 0. The lowest BCUT2D eigenvalue weighted by molar-refractivity contribution is -0.144. The maximum absolute atomic E-state index is 12.5. The molecule has 1 aromatic heterocycles. The molecule has 0 amide bonds. The molecule has 0 saturated heterocycles. The minimum Gasteiger partial charge on any atom is -0.461 e. The minimum absolute atomic E-state index is 0.143. The van der Waals surface area contributed by atoms with Crippen molar-refractivity contribution in [2.24, 2.45) is 0 Å². The number of halogens is 3. The number of nitrogens with zero attached hydrogens (tertiary/aromatic N) is 2. The molecule has 2 aromatic rings. The molecule has 21 heavy (non-hydrogen) atoms. The number of imidazole rings is 1. The van der Waals surface area contributed by atoms with Gasteiger partial charge in [-0.25, -0.2) is 9.78 Å². The number of hydrogen-bond donors (Lipinski definition) is 1. The molecule has 0 fully saturated rings. The summed E-state index contributed by atoms with van der Waals surface area (Å²) in [5.74, 6) is -1.67. The first kappa shape index (κ1) is 15.3. The van der Waals surface area contributed by atoms with Crippen LogP contribution in [0, 0.1) is 0 Å². The van der Waals surface area contributed by atoms with Crippen LogP contribution >= 0.6 is 0 Å². The average molecular weight is 301 g/mol. The second-order valence-corrected chi connectivity index (χ2v) is 4.75. The smallest absolute Gasteiger partial charge is 0.449 e. The molecule has 0 aliphatic carbocycles. The largest absolute Gasteiger partial charge is 0.461 e. The van der Waals surface area contributed by atoms with Crippen LogP contribution in [0.25, 0.3) is 11.0 Å². The lowest BCUT2D eigenvalue weighted by Crippen LogP contribution is -2.20. The number of benzene rings is 1. The normalized spacial score (nSPS) is 12.1. The fraction of sp³-hybridized carbons (Fsp3) is 0.385. The molecule has 5 nitrogen and oxygen atoms in total. The fourth-order valence-electron chi connectivity index (χ4n) is 1.68. The van der Waals surface area contributed by atoms with E-state index in [1.54, 1.807) is 0 Å². The predicted molar refractivity (Wildman–Crippen MR) is 69.9 cm³/mol. The number of nitrogens with one attached hydrogen (secondary N) is 1. The number of fused-ring (bicyclic) bond motifs is 1. The Hall–Kier alpha value is -2.09. The van der Waals surface area contributed by atoms with Crippen molar-refractivity contribution in [1.82, 2.24) is 14.9 Å². The molecule has 2 rings (SSSR count). The van der Waals surface area contributed by atoms with Crippen molar-refractivity contribution in [3.8, 4) is 0 Å². The van der Waals surface area contributed by atoms with Crippen LogP contribution in [-0.2, 0) is 10.9 Å². The molecule has 1 N–H and O–H groups in total. The predicted octanol–water partition coefficient (Wildman–Crippen LogP) is 2.30. The van der Waals surface area contributed by atoms with E-state index in [1.165, 1.54) is 18.2 Å². The van der Waals surface area contributed by atoms with Gasteiger partial charge >= 0.3 is 12.1 Å². The number of aromatic amines is 1. The van der Waals surface area contributed by atoms with E-state index >= 15 is 0 Å². The van der Waals surface area contributed by atoms with E-state index in [-0.39, 0.29) is 23.2 Å². The van der Waals surface area contributed by atoms with Gasteiger partial charge < -0.3 is 14.6 Å². The third-order valence-electron chi connectivity index (χ3n) is 2.76. The molecule has 0 aliphatic rings. The maximum atomic E-state index is 12.5. The molecule has 0 bridgehead atoms. The fourth-order valence-corrected chi connectivity index (χ4v) is 1.68. The van der Waals surface area contributed by atoms with Gasteiger partial charge in [-0.1, -0.05) is 0 Å². The second kappa shape index (κ2) is 5.72. The van der Waals surface area contributed by atoms with Crippen LogP contribution in [0.2, 0.25) is 0 Å². The number of carbonyl (C=O) groups excluding carboxylic acids is 1. The van der Waals surface area contributed by atoms with E-state index in [0.29, 0.717) is 6.54 Å². The second-order valence-electron chi connectivity index (χ2n) is 4.75. The molecule has 0 spiro atoms. The Morgan fingerprint density at radius 2 is 2.10 bits per heavy atom. The lowest BCUT2D eigenvalue weighted by atomic mass is 10.2. The third-order valence-corrected chi connectivity index (χ3v) is 2.76. The highest BCUT2D eigenvalue weighted by Crippen LogP contribution is 2.28. The Bertz CT molecular complexity index is 650. The topological polar surface area (TPSA) is 58.2 Å². The zero-order valence-electron chi connectivity index (χ0n) is 11.5. The standard InChI is InChI=1S/C13H14F3N3O2/c1-19(2)5-6-21-11(20)8-3-4-9-10(7-8)18-12(17-9)13(14,15)16/h3-4,7H,5-6H2,1-2H3,(H,17,18). The van der Waals surface area contributed by atoms with Crippen LogP contribution in [0.3, 0.4) is 0 Å². The molecule has 114 valence electrons. The van der Waals surface area contributed by atoms with Crippen molar-refractivity contribution < 1.29 is 22.7 Å². The molecule has 1 heterocycles. The van der Waals surface area contributed by atoms with Crippen molar-refractivity contribution in [3.05, 3.63) is 29.6 Å². The van der Waals surface area contributed by atoms with Crippen molar-refractivity contribution in [2.45, 2.75) is 6.18 Å². The Balaban J connectivity index is 2.16. The molecular formula is C13H14F3N3O2. The van der Waals surface area contributed by atoms with Crippen molar-refractivity contribution in [2.75, 3.05) is 27.2 Å². The number of rotatable bonds is 4. The van der Waals surface area contributed by atoms with Gasteiger partial charge in [0.15, 0.2) is 0 Å². The Kier molecular flexibility index (Phi) is 4.17. The highest BCUT2D eigenvalue weighted by molar-refractivity contribution is 5.93. The van der Waals surface area contributed by atoms with E-state index in [9.17, 15) is 18.0 Å². The van der Waals surface area contributed by atoms with Crippen LogP contribution in [0.4, 0.5) is 13.2 Å². The zero-order valence-corrected chi connectivity index (χ0v) is 11.5. The maximum Gasteiger partial charge on any atom is 0.449 e. The molecule has 8 heteroatoms. The summed E-state index contributed by atoms with van der Waals surface area (Å²) in [5.41, 5.74) is 0.468. The summed E-state index contributed by atoms with van der Waals surface area (Å²) in [6.45, 7) is 0.775. The molecule has 0 radical (unpaired) electrons. The van der Waals surface area contributed by atoms with Crippen LogP contribution in [-0.4, -0.2) is 48.1 Å². The van der Waals surface area contributed by atoms with Crippen molar-refractivity contribution in [3.63, 3.8) is 0 Å². The first-order chi connectivity index (χ1) is 9.77. The van der Waals surface area contributed by atoms with Gasteiger partial charge in [-0.2, -0.15) is 13.2 Å². The molecular weight excluding hydrogens is 287 g/mol. The SMILES string of the molecule is CN(C)CCOC(=O)c1ccc2nc(C(F)(F)F)[nH]c2c1. The molecule has 0 unspecified atom stereocenters. The highest BCUT2D eigenvalue weighted by atomic mass is 19.4. The number of carbonyl (C=O) groups is 1. The molecule has 0 aliphatic heterocycles. The van der Waals surface area contributed by atoms with Gasteiger partial charge in [-0.05, 0) is 32.3 Å². The summed E-state index contributed by atoms with van der Waals surface area (Å²) in [6, 6.07) is 4.04. The van der Waals surface area contributed by atoms with E-state index in [2.05, 4.69) is 9.97 Å². The number of esters is 1. The van der Waals surface area contributed by atoms with E-state index in [0.717, 1.165) is 0 Å². The number of aromatic nitrogens is 2.